The Bertz CT molecular complexity index is 620. The second kappa shape index (κ2) is 5.87. The second-order valence-corrected chi connectivity index (χ2v) is 5.85. The van der Waals surface area contributed by atoms with Gasteiger partial charge in [0.25, 0.3) is 0 Å². The minimum atomic E-state index is -0.266. The van der Waals surface area contributed by atoms with Crippen LogP contribution in [0.3, 0.4) is 0 Å². The van der Waals surface area contributed by atoms with Crippen molar-refractivity contribution in [3.63, 3.8) is 0 Å². The highest BCUT2D eigenvalue weighted by molar-refractivity contribution is 14.1. The number of benzene rings is 1. The van der Waals surface area contributed by atoms with Crippen LogP contribution in [0.15, 0.2) is 53.6 Å². The molecule has 2 N–H and O–H groups in total. The fourth-order valence-corrected chi connectivity index (χ4v) is 2.48. The van der Waals surface area contributed by atoms with Crippen molar-refractivity contribution in [3.8, 4) is 0 Å². The van der Waals surface area contributed by atoms with E-state index < -0.39 is 0 Å². The first-order chi connectivity index (χ1) is 9.43. The van der Waals surface area contributed by atoms with Crippen LogP contribution >= 0.6 is 22.6 Å². The van der Waals surface area contributed by atoms with Gasteiger partial charge in [-0.2, -0.15) is 0 Å². The minimum absolute atomic E-state index is 0.266. The van der Waals surface area contributed by atoms with Gasteiger partial charge in [0.2, 0.25) is 0 Å². The van der Waals surface area contributed by atoms with Gasteiger partial charge < -0.3 is 15.5 Å². The summed E-state index contributed by atoms with van der Waals surface area (Å²) >= 11 is 2.09. The lowest BCUT2D eigenvalue weighted by atomic mass is 10.1. The first-order valence-corrected chi connectivity index (χ1v) is 7.27. The van der Waals surface area contributed by atoms with Crippen molar-refractivity contribution in [2.24, 2.45) is 0 Å². The zero-order chi connectivity index (χ0) is 14.9. The number of hydrogen-bond donors (Lipinski definition) is 2. The molecule has 106 valence electrons. The summed E-state index contributed by atoms with van der Waals surface area (Å²) in [5.41, 5.74) is 4.07. The summed E-state index contributed by atoms with van der Waals surface area (Å²) in [4.78, 5) is 1.94. The average molecular weight is 385 g/mol. The van der Waals surface area contributed by atoms with Crippen LogP contribution in [-0.2, 0) is 0 Å². The minimum Gasteiger partial charge on any atom is -0.385 e. The van der Waals surface area contributed by atoms with E-state index in [0.29, 0.717) is 5.69 Å². The molecule has 0 saturated heterocycles. The molecule has 20 heavy (non-hydrogen) atoms. The molecule has 1 aliphatic heterocycles. The van der Waals surface area contributed by atoms with Gasteiger partial charge >= 0.3 is 0 Å². The van der Waals surface area contributed by atoms with Crippen molar-refractivity contribution in [3.05, 3.63) is 63.0 Å². The molecule has 2 rings (SSSR count). The van der Waals surface area contributed by atoms with E-state index in [9.17, 15) is 4.39 Å². The molecule has 0 aliphatic carbocycles. The lowest BCUT2D eigenvalue weighted by Crippen LogP contribution is -2.26. The third kappa shape index (κ3) is 2.82. The summed E-state index contributed by atoms with van der Waals surface area (Å²) in [7, 11) is 3.78. The van der Waals surface area contributed by atoms with E-state index in [1.807, 2.05) is 38.2 Å². The van der Waals surface area contributed by atoms with E-state index in [2.05, 4.69) is 39.8 Å². The summed E-state index contributed by atoms with van der Waals surface area (Å²) in [6, 6.07) is 5.12. The number of likely N-dealkylation sites (N-methyl/N-ethyl adjacent to an activating group) is 2. The van der Waals surface area contributed by atoms with Gasteiger partial charge in [0.05, 0.1) is 17.1 Å². The van der Waals surface area contributed by atoms with Crippen LogP contribution in [0.4, 0.5) is 10.1 Å². The molecule has 1 aliphatic rings. The number of allylic oxidation sites excluding steroid dienone is 1. The second-order valence-electron chi connectivity index (χ2n) is 4.60. The molecule has 0 radical (unpaired) electrons. The van der Waals surface area contributed by atoms with Gasteiger partial charge in [-0.15, -0.1) is 0 Å². The summed E-state index contributed by atoms with van der Waals surface area (Å²) in [5, 5.41) is 6.28. The lowest BCUT2D eigenvalue weighted by molar-refractivity contribution is 0.559. The molecule has 1 aromatic carbocycles. The number of rotatable bonds is 3. The first-order valence-electron chi connectivity index (χ1n) is 6.19. The van der Waals surface area contributed by atoms with Crippen molar-refractivity contribution in [2.45, 2.75) is 6.92 Å². The smallest absolute Gasteiger partial charge is 0.147 e. The largest absolute Gasteiger partial charge is 0.385 e. The van der Waals surface area contributed by atoms with E-state index in [-0.39, 0.29) is 5.82 Å². The highest BCUT2D eigenvalue weighted by Gasteiger charge is 2.19. The molecule has 0 unspecified atom stereocenters. The van der Waals surface area contributed by atoms with Gasteiger partial charge in [-0.1, -0.05) is 6.58 Å². The monoisotopic (exact) mass is 385 g/mol. The molecular weight excluding hydrogens is 368 g/mol. The van der Waals surface area contributed by atoms with Gasteiger partial charge in [0.15, 0.2) is 0 Å². The molecule has 0 atom stereocenters. The predicted molar refractivity (Wildman–Crippen MR) is 89.5 cm³/mol. The maximum atomic E-state index is 14.0. The Balaban J connectivity index is 2.40. The highest BCUT2D eigenvalue weighted by Crippen LogP contribution is 2.28. The van der Waals surface area contributed by atoms with Crippen molar-refractivity contribution in [2.75, 3.05) is 19.4 Å². The third-order valence-electron chi connectivity index (χ3n) is 3.29. The molecular formula is C15H17FIN3. The first kappa shape index (κ1) is 14.9. The molecule has 0 aromatic heterocycles. The number of halogens is 2. The van der Waals surface area contributed by atoms with Crippen LogP contribution in [0.5, 0.6) is 0 Å². The lowest BCUT2D eigenvalue weighted by Gasteiger charge is -2.29. The Labute approximate surface area is 132 Å². The van der Waals surface area contributed by atoms with Crippen molar-refractivity contribution >= 4 is 28.3 Å². The summed E-state index contributed by atoms with van der Waals surface area (Å²) in [5.74, 6) is -0.266. The Kier molecular flexibility index (Phi) is 4.37. The molecule has 3 nitrogen and oxygen atoms in total. The van der Waals surface area contributed by atoms with E-state index in [1.165, 1.54) is 6.07 Å². The molecule has 0 bridgehead atoms. The summed E-state index contributed by atoms with van der Waals surface area (Å²) in [6.45, 7) is 6.00. The third-order valence-corrected chi connectivity index (χ3v) is 3.96. The normalized spacial score (nSPS) is 15.3. The van der Waals surface area contributed by atoms with Crippen molar-refractivity contribution in [1.29, 1.82) is 0 Å². The van der Waals surface area contributed by atoms with E-state index in [1.54, 1.807) is 6.07 Å². The maximum Gasteiger partial charge on any atom is 0.147 e. The standard InChI is InChI=1S/C15H17FIN3/c1-9-10(2)20(4)8-14(18-3)15(9)19-13-6-5-11(17)7-12(13)16/h5-8,18-19H,2H2,1,3-4H3. The topological polar surface area (TPSA) is 27.3 Å². The molecule has 0 saturated carbocycles. The average Bonchev–Trinajstić information content (AvgIpc) is 2.41. The fourth-order valence-electron chi connectivity index (χ4n) is 2.02. The SMILES string of the molecule is C=C1C(C)=C(Nc2ccc(I)cc2F)C(NC)=CN1C. The van der Waals surface area contributed by atoms with Crippen LogP contribution in [0.1, 0.15) is 6.92 Å². The Morgan fingerprint density at radius 1 is 1.35 bits per heavy atom. The Morgan fingerprint density at radius 2 is 2.05 bits per heavy atom. The maximum absolute atomic E-state index is 14.0. The quantitative estimate of drug-likeness (QED) is 0.779. The molecule has 1 aromatic rings. The van der Waals surface area contributed by atoms with Crippen molar-refractivity contribution in [1.82, 2.24) is 10.2 Å². The van der Waals surface area contributed by atoms with Gasteiger partial charge in [0, 0.05) is 29.6 Å². The zero-order valence-corrected chi connectivity index (χ0v) is 13.9. The molecule has 0 spiro atoms. The Hall–Kier alpha value is -1.50. The zero-order valence-electron chi connectivity index (χ0n) is 11.7. The van der Waals surface area contributed by atoms with E-state index in [4.69, 9.17) is 0 Å². The van der Waals surface area contributed by atoms with E-state index >= 15 is 0 Å². The molecule has 5 heteroatoms. The molecule has 0 fully saturated rings. The molecule has 1 heterocycles. The predicted octanol–water partition coefficient (Wildman–Crippen LogP) is 3.64. The van der Waals surface area contributed by atoms with Gasteiger partial charge in [0.1, 0.15) is 5.82 Å². The van der Waals surface area contributed by atoms with Gasteiger partial charge in [-0.3, -0.25) is 0 Å². The van der Waals surface area contributed by atoms with Crippen molar-refractivity contribution < 1.29 is 4.39 Å². The van der Waals surface area contributed by atoms with Crippen LogP contribution in [0, 0.1) is 9.39 Å². The number of nitrogens with one attached hydrogen (secondary N) is 2. The number of hydrogen-bond acceptors (Lipinski definition) is 3. The highest BCUT2D eigenvalue weighted by atomic mass is 127. The summed E-state index contributed by atoms with van der Waals surface area (Å²) < 4.78 is 14.8. The summed E-state index contributed by atoms with van der Waals surface area (Å²) in [6.07, 6.45) is 1.93. The Morgan fingerprint density at radius 3 is 2.65 bits per heavy atom. The van der Waals surface area contributed by atoms with Crippen LogP contribution in [-0.4, -0.2) is 19.0 Å². The van der Waals surface area contributed by atoms with Gasteiger partial charge in [-0.25, -0.2) is 4.39 Å². The van der Waals surface area contributed by atoms with E-state index in [0.717, 1.165) is 26.2 Å². The van der Waals surface area contributed by atoms with Crippen LogP contribution in [0.25, 0.3) is 0 Å². The molecule has 0 amide bonds. The fraction of sp³-hybridized carbons (Fsp3) is 0.200. The van der Waals surface area contributed by atoms with Crippen LogP contribution in [0.2, 0.25) is 0 Å². The number of anilines is 1. The number of nitrogens with zero attached hydrogens (tertiary/aromatic N) is 1. The van der Waals surface area contributed by atoms with Gasteiger partial charge in [-0.05, 0) is 53.3 Å². The van der Waals surface area contributed by atoms with Crippen LogP contribution < -0.4 is 10.6 Å².